The van der Waals surface area contributed by atoms with Gasteiger partial charge in [-0.25, -0.2) is 0 Å². The van der Waals surface area contributed by atoms with Gasteiger partial charge in [0.05, 0.1) is 12.8 Å². The number of hydrogen-bond donors (Lipinski definition) is 0. The van der Waals surface area contributed by atoms with Crippen LogP contribution in [0.3, 0.4) is 0 Å². The molecule has 17 heavy (non-hydrogen) atoms. The van der Waals surface area contributed by atoms with Crippen molar-refractivity contribution in [1.29, 1.82) is 0 Å². The first-order valence-corrected chi connectivity index (χ1v) is 5.99. The number of rotatable bonds is 4. The Hall–Kier alpha value is -1.36. The molecule has 0 amide bonds. The second-order valence-electron chi connectivity index (χ2n) is 4.43. The van der Waals surface area contributed by atoms with Crippen molar-refractivity contribution >= 4 is 5.97 Å². The van der Waals surface area contributed by atoms with Crippen LogP contribution < -0.4 is 0 Å². The van der Waals surface area contributed by atoms with Gasteiger partial charge in [0.25, 0.3) is 0 Å². The number of aromatic nitrogens is 2. The first-order valence-electron chi connectivity index (χ1n) is 5.99. The van der Waals surface area contributed by atoms with Crippen molar-refractivity contribution in [3.63, 3.8) is 0 Å². The molecule has 1 unspecified atom stereocenters. The maximum atomic E-state index is 11.5. The highest BCUT2D eigenvalue weighted by Crippen LogP contribution is 2.22. The van der Waals surface area contributed by atoms with E-state index in [2.05, 4.69) is 16.9 Å². The lowest BCUT2D eigenvalue weighted by atomic mass is 10.0. The van der Waals surface area contributed by atoms with Gasteiger partial charge in [-0.3, -0.25) is 14.4 Å². The molecule has 0 bridgehead atoms. The molecule has 1 aliphatic heterocycles. The average Bonchev–Trinajstić information content (AvgIpc) is 2.64. The smallest absolute Gasteiger partial charge is 0.323 e. The van der Waals surface area contributed by atoms with Crippen LogP contribution in [0, 0.1) is 0 Å². The highest BCUT2D eigenvalue weighted by molar-refractivity contribution is 5.76. The first kappa shape index (κ1) is 12.1. The Morgan fingerprint density at radius 3 is 2.94 bits per heavy atom. The molecule has 5 nitrogen and oxygen atoms in total. The van der Waals surface area contributed by atoms with Gasteiger partial charge in [-0.2, -0.15) is 5.10 Å². The zero-order valence-corrected chi connectivity index (χ0v) is 10.6. The van der Waals surface area contributed by atoms with Crippen molar-refractivity contribution < 1.29 is 9.53 Å². The van der Waals surface area contributed by atoms with Crippen molar-refractivity contribution in [3.8, 4) is 0 Å². The lowest BCUT2D eigenvalue weighted by Gasteiger charge is -2.38. The van der Waals surface area contributed by atoms with E-state index in [0.29, 0.717) is 0 Å². The zero-order valence-electron chi connectivity index (χ0n) is 10.6. The van der Waals surface area contributed by atoms with Gasteiger partial charge in [0.1, 0.15) is 6.04 Å². The van der Waals surface area contributed by atoms with Crippen molar-refractivity contribution in [3.05, 3.63) is 17.5 Å². The molecule has 2 heterocycles. The van der Waals surface area contributed by atoms with E-state index >= 15 is 0 Å². The monoisotopic (exact) mass is 237 g/mol. The third kappa shape index (κ3) is 2.34. The number of esters is 1. The fraction of sp³-hybridized carbons (Fsp3) is 0.667. The van der Waals surface area contributed by atoms with Gasteiger partial charge in [0, 0.05) is 31.9 Å². The summed E-state index contributed by atoms with van der Waals surface area (Å²) in [6, 6.07) is -0.0649. The van der Waals surface area contributed by atoms with E-state index in [-0.39, 0.29) is 12.0 Å². The zero-order chi connectivity index (χ0) is 12.4. The molecule has 1 aromatic heterocycles. The molecular formula is C12H19N3O2. The second kappa shape index (κ2) is 4.87. The molecular weight excluding hydrogens is 218 g/mol. The Balaban J connectivity index is 2.03. The molecule has 2 rings (SSSR count). The standard InChI is InChI=1S/C12H19N3O2/c1-4-10-9(7-14(2)13-10)8-15-6-5-11(15)12(16)17-3/h7,11H,4-6,8H2,1-3H3. The summed E-state index contributed by atoms with van der Waals surface area (Å²) in [5.41, 5.74) is 2.33. The minimum Gasteiger partial charge on any atom is -0.468 e. The number of methoxy groups -OCH3 is 1. The normalized spacial score (nSPS) is 20.1. The van der Waals surface area contributed by atoms with E-state index in [4.69, 9.17) is 4.74 Å². The summed E-state index contributed by atoms with van der Waals surface area (Å²) < 4.78 is 6.62. The molecule has 0 aromatic carbocycles. The summed E-state index contributed by atoms with van der Waals surface area (Å²) in [6.45, 7) is 3.84. The van der Waals surface area contributed by atoms with E-state index in [1.807, 2.05) is 17.9 Å². The number of aryl methyl sites for hydroxylation is 2. The first-order chi connectivity index (χ1) is 8.15. The van der Waals surface area contributed by atoms with Crippen LogP contribution in [0.15, 0.2) is 6.20 Å². The van der Waals surface area contributed by atoms with E-state index in [1.165, 1.54) is 12.7 Å². The molecule has 1 aromatic rings. The third-order valence-electron chi connectivity index (χ3n) is 3.30. The number of likely N-dealkylation sites (tertiary alicyclic amines) is 1. The number of nitrogens with zero attached hydrogens (tertiary/aromatic N) is 3. The summed E-state index contributed by atoms with van der Waals surface area (Å²) in [7, 11) is 3.37. The number of carbonyl (C=O) groups is 1. The molecule has 0 N–H and O–H groups in total. The van der Waals surface area contributed by atoms with Crippen LogP contribution in [-0.2, 0) is 29.5 Å². The highest BCUT2D eigenvalue weighted by Gasteiger charge is 2.35. The van der Waals surface area contributed by atoms with Gasteiger partial charge < -0.3 is 4.74 Å². The van der Waals surface area contributed by atoms with Crippen LogP contribution in [-0.4, -0.2) is 40.3 Å². The fourth-order valence-corrected chi connectivity index (χ4v) is 2.27. The van der Waals surface area contributed by atoms with Crippen LogP contribution in [0.2, 0.25) is 0 Å². The van der Waals surface area contributed by atoms with Gasteiger partial charge in [0.2, 0.25) is 0 Å². The van der Waals surface area contributed by atoms with Crippen LogP contribution in [0.4, 0.5) is 0 Å². The highest BCUT2D eigenvalue weighted by atomic mass is 16.5. The van der Waals surface area contributed by atoms with E-state index in [9.17, 15) is 4.79 Å². The summed E-state index contributed by atoms with van der Waals surface area (Å²) >= 11 is 0. The molecule has 1 aliphatic rings. The Morgan fingerprint density at radius 1 is 1.65 bits per heavy atom. The number of hydrogen-bond acceptors (Lipinski definition) is 4. The summed E-state index contributed by atoms with van der Waals surface area (Å²) in [6.07, 6.45) is 3.85. The molecule has 94 valence electrons. The molecule has 5 heteroatoms. The molecule has 1 atom stereocenters. The van der Waals surface area contributed by atoms with Crippen molar-refractivity contribution in [2.75, 3.05) is 13.7 Å². The minimum absolute atomic E-state index is 0.0649. The minimum atomic E-state index is -0.127. The van der Waals surface area contributed by atoms with Crippen molar-refractivity contribution in [1.82, 2.24) is 14.7 Å². The van der Waals surface area contributed by atoms with Gasteiger partial charge in [-0.15, -0.1) is 0 Å². The largest absolute Gasteiger partial charge is 0.468 e. The number of carbonyl (C=O) groups excluding carboxylic acids is 1. The van der Waals surface area contributed by atoms with Gasteiger partial charge >= 0.3 is 5.97 Å². The number of ether oxygens (including phenoxy) is 1. The third-order valence-corrected chi connectivity index (χ3v) is 3.30. The fourth-order valence-electron chi connectivity index (χ4n) is 2.27. The molecule has 0 radical (unpaired) electrons. The Kier molecular flexibility index (Phi) is 3.47. The van der Waals surface area contributed by atoms with Crippen LogP contribution in [0.25, 0.3) is 0 Å². The summed E-state index contributed by atoms with van der Waals surface area (Å²) in [4.78, 5) is 13.6. The molecule has 0 spiro atoms. The lowest BCUT2D eigenvalue weighted by molar-refractivity contribution is -0.152. The van der Waals surface area contributed by atoms with Crippen molar-refractivity contribution in [2.45, 2.75) is 32.4 Å². The predicted octanol–water partition coefficient (Wildman–Crippen LogP) is 0.730. The van der Waals surface area contributed by atoms with Crippen molar-refractivity contribution in [2.24, 2.45) is 7.05 Å². The molecule has 0 saturated carbocycles. The Morgan fingerprint density at radius 2 is 2.41 bits per heavy atom. The lowest BCUT2D eigenvalue weighted by Crippen LogP contribution is -2.52. The van der Waals surface area contributed by atoms with E-state index in [0.717, 1.165) is 31.6 Å². The topological polar surface area (TPSA) is 47.4 Å². The van der Waals surface area contributed by atoms with Gasteiger partial charge in [-0.1, -0.05) is 6.92 Å². The maximum Gasteiger partial charge on any atom is 0.323 e. The Labute approximate surface area is 101 Å². The maximum absolute atomic E-state index is 11.5. The second-order valence-corrected chi connectivity index (χ2v) is 4.43. The Bertz CT molecular complexity index is 414. The molecule has 1 fully saturated rings. The van der Waals surface area contributed by atoms with Crippen LogP contribution in [0.5, 0.6) is 0 Å². The molecule has 1 saturated heterocycles. The summed E-state index contributed by atoms with van der Waals surface area (Å²) in [5.74, 6) is -0.127. The SMILES string of the molecule is CCc1nn(C)cc1CN1CCC1C(=O)OC. The van der Waals surface area contributed by atoms with E-state index in [1.54, 1.807) is 0 Å². The average molecular weight is 237 g/mol. The van der Waals surface area contributed by atoms with Gasteiger partial charge in [-0.05, 0) is 12.8 Å². The molecule has 0 aliphatic carbocycles. The summed E-state index contributed by atoms with van der Waals surface area (Å²) in [5, 5.41) is 4.40. The van der Waals surface area contributed by atoms with Crippen LogP contribution >= 0.6 is 0 Å². The quantitative estimate of drug-likeness (QED) is 0.724. The predicted molar refractivity (Wildman–Crippen MR) is 63.4 cm³/mol. The van der Waals surface area contributed by atoms with E-state index < -0.39 is 0 Å². The van der Waals surface area contributed by atoms with Gasteiger partial charge in [0.15, 0.2) is 0 Å². The van der Waals surface area contributed by atoms with Crippen LogP contribution in [0.1, 0.15) is 24.6 Å².